The Morgan fingerprint density at radius 2 is 1.94 bits per heavy atom. The van der Waals surface area contributed by atoms with Gasteiger partial charge in [0.2, 0.25) is 0 Å². The first-order valence-electron chi connectivity index (χ1n) is 5.72. The Morgan fingerprint density at radius 3 is 2.61 bits per heavy atom. The lowest BCUT2D eigenvalue weighted by molar-refractivity contribution is -0.137. The van der Waals surface area contributed by atoms with Gasteiger partial charge in [-0.1, -0.05) is 6.92 Å². The van der Waals surface area contributed by atoms with Crippen molar-refractivity contribution < 1.29 is 13.2 Å². The number of nitrogens with one attached hydrogen (secondary N) is 1. The Balaban J connectivity index is 2.36. The summed E-state index contributed by atoms with van der Waals surface area (Å²) in [5, 5.41) is 3.59. The molecule has 0 saturated heterocycles. The molecule has 2 nitrogen and oxygen atoms in total. The van der Waals surface area contributed by atoms with Crippen LogP contribution in [-0.4, -0.2) is 11.5 Å². The van der Waals surface area contributed by atoms with Crippen LogP contribution in [0.3, 0.4) is 0 Å². The average Bonchev–Trinajstić information content (AvgIpc) is 2.34. The molecule has 18 heavy (non-hydrogen) atoms. The molecule has 0 fully saturated rings. The van der Waals surface area contributed by atoms with Crippen LogP contribution >= 0.6 is 0 Å². The van der Waals surface area contributed by atoms with E-state index in [9.17, 15) is 13.2 Å². The van der Waals surface area contributed by atoms with Crippen LogP contribution in [0, 0.1) is 0 Å². The van der Waals surface area contributed by atoms with Crippen molar-refractivity contribution in [3.63, 3.8) is 0 Å². The molecule has 0 saturated carbocycles. The summed E-state index contributed by atoms with van der Waals surface area (Å²) < 4.78 is 37.6. The van der Waals surface area contributed by atoms with E-state index in [2.05, 4.69) is 10.3 Å². The van der Waals surface area contributed by atoms with Gasteiger partial charge in [-0.3, -0.25) is 0 Å². The second-order valence-electron chi connectivity index (χ2n) is 4.03. The lowest BCUT2D eigenvalue weighted by atomic mass is 10.1. The van der Waals surface area contributed by atoms with Gasteiger partial charge < -0.3 is 5.32 Å². The number of fused-ring (bicyclic) bond motifs is 1. The maximum absolute atomic E-state index is 12.5. The number of hydrogen-bond donors (Lipinski definition) is 1. The summed E-state index contributed by atoms with van der Waals surface area (Å²) in [4.78, 5) is 4.26. The van der Waals surface area contributed by atoms with Crippen molar-refractivity contribution in [2.45, 2.75) is 19.5 Å². The zero-order valence-electron chi connectivity index (χ0n) is 9.88. The van der Waals surface area contributed by atoms with Gasteiger partial charge in [0.05, 0.1) is 11.1 Å². The van der Waals surface area contributed by atoms with Crippen molar-refractivity contribution in [2.75, 3.05) is 11.9 Å². The number of hydrogen-bond acceptors (Lipinski definition) is 2. The summed E-state index contributed by atoms with van der Waals surface area (Å²) in [7, 11) is 0. The molecule has 96 valence electrons. The topological polar surface area (TPSA) is 24.9 Å². The summed E-state index contributed by atoms with van der Waals surface area (Å²) in [6, 6.07) is 6.91. The van der Waals surface area contributed by atoms with E-state index in [4.69, 9.17) is 0 Å². The van der Waals surface area contributed by atoms with Crippen LogP contribution in [0.15, 0.2) is 30.3 Å². The highest BCUT2D eigenvalue weighted by atomic mass is 19.4. The van der Waals surface area contributed by atoms with Crippen molar-refractivity contribution in [1.29, 1.82) is 0 Å². The minimum absolute atomic E-state index is 0.492. The van der Waals surface area contributed by atoms with E-state index >= 15 is 0 Å². The van der Waals surface area contributed by atoms with E-state index in [0.29, 0.717) is 16.7 Å². The van der Waals surface area contributed by atoms with Crippen LogP contribution in [0.5, 0.6) is 0 Å². The molecule has 1 aromatic heterocycles. The van der Waals surface area contributed by atoms with Gasteiger partial charge in [-0.25, -0.2) is 4.98 Å². The van der Waals surface area contributed by atoms with Crippen LogP contribution in [0.1, 0.15) is 18.9 Å². The van der Waals surface area contributed by atoms with Crippen molar-refractivity contribution in [3.05, 3.63) is 35.9 Å². The van der Waals surface area contributed by atoms with Crippen LogP contribution < -0.4 is 5.32 Å². The predicted molar refractivity (Wildman–Crippen MR) is 65.5 cm³/mol. The van der Waals surface area contributed by atoms with Crippen molar-refractivity contribution in [2.24, 2.45) is 0 Å². The third kappa shape index (κ3) is 2.72. The lowest BCUT2D eigenvalue weighted by Gasteiger charge is -2.09. The molecule has 0 radical (unpaired) electrons. The van der Waals surface area contributed by atoms with Gasteiger partial charge in [-0.2, -0.15) is 13.2 Å². The Hall–Kier alpha value is -1.78. The molecule has 0 aliphatic rings. The van der Waals surface area contributed by atoms with Crippen molar-refractivity contribution in [3.8, 4) is 0 Å². The van der Waals surface area contributed by atoms with Gasteiger partial charge in [0, 0.05) is 11.9 Å². The summed E-state index contributed by atoms with van der Waals surface area (Å²) in [6.45, 7) is 2.82. The lowest BCUT2D eigenvalue weighted by Crippen LogP contribution is -2.05. The van der Waals surface area contributed by atoms with E-state index in [-0.39, 0.29) is 0 Å². The molecule has 0 aliphatic carbocycles. The zero-order valence-corrected chi connectivity index (χ0v) is 9.88. The molecule has 0 bridgehead atoms. The van der Waals surface area contributed by atoms with Gasteiger partial charge >= 0.3 is 6.18 Å². The number of anilines is 1. The van der Waals surface area contributed by atoms with Gasteiger partial charge in [0.15, 0.2) is 0 Å². The first kappa shape index (κ1) is 12.7. The molecule has 1 N–H and O–H groups in total. The van der Waals surface area contributed by atoms with Crippen molar-refractivity contribution in [1.82, 2.24) is 4.98 Å². The first-order valence-corrected chi connectivity index (χ1v) is 5.72. The van der Waals surface area contributed by atoms with Crippen molar-refractivity contribution >= 4 is 16.7 Å². The Labute approximate surface area is 103 Å². The Morgan fingerprint density at radius 1 is 1.17 bits per heavy atom. The van der Waals surface area contributed by atoms with Crippen LogP contribution in [0.2, 0.25) is 0 Å². The molecule has 1 heterocycles. The Kier molecular flexibility index (Phi) is 3.41. The maximum Gasteiger partial charge on any atom is 0.416 e. The number of pyridine rings is 1. The fourth-order valence-electron chi connectivity index (χ4n) is 1.65. The quantitative estimate of drug-likeness (QED) is 0.892. The molecule has 2 aromatic rings. The molecule has 2 rings (SSSR count). The van der Waals surface area contributed by atoms with Gasteiger partial charge in [0.25, 0.3) is 0 Å². The number of aromatic nitrogens is 1. The van der Waals surface area contributed by atoms with Gasteiger partial charge in [0.1, 0.15) is 5.82 Å². The molecule has 0 atom stereocenters. The molecule has 0 unspecified atom stereocenters. The normalized spacial score (nSPS) is 11.8. The third-order valence-electron chi connectivity index (χ3n) is 2.57. The number of nitrogens with zero attached hydrogens (tertiary/aromatic N) is 1. The van der Waals surface area contributed by atoms with Crippen LogP contribution in [0.25, 0.3) is 10.9 Å². The molecular weight excluding hydrogens is 241 g/mol. The zero-order chi connectivity index (χ0) is 13.2. The second kappa shape index (κ2) is 4.84. The smallest absolute Gasteiger partial charge is 0.370 e. The second-order valence-corrected chi connectivity index (χ2v) is 4.03. The van der Waals surface area contributed by atoms with E-state index in [1.807, 2.05) is 6.92 Å². The standard InChI is InChI=1S/C13H13F3N2/c1-2-7-17-12-6-3-9-8-10(13(14,15)16)4-5-11(9)18-12/h3-6,8H,2,7H2,1H3,(H,17,18). The molecule has 0 aliphatic heterocycles. The summed E-state index contributed by atoms with van der Waals surface area (Å²) in [5.41, 5.74) is -0.0878. The fraction of sp³-hybridized carbons (Fsp3) is 0.308. The summed E-state index contributed by atoms with van der Waals surface area (Å²) in [6.07, 6.45) is -3.35. The first-order chi connectivity index (χ1) is 8.50. The largest absolute Gasteiger partial charge is 0.416 e. The average molecular weight is 254 g/mol. The van der Waals surface area contributed by atoms with E-state index < -0.39 is 11.7 Å². The van der Waals surface area contributed by atoms with E-state index in [0.717, 1.165) is 25.1 Å². The van der Waals surface area contributed by atoms with Crippen LogP contribution in [0.4, 0.5) is 19.0 Å². The highest BCUT2D eigenvalue weighted by Crippen LogP contribution is 2.31. The molecule has 0 amide bonds. The van der Waals surface area contributed by atoms with Crippen LogP contribution in [-0.2, 0) is 6.18 Å². The highest BCUT2D eigenvalue weighted by Gasteiger charge is 2.30. The number of benzene rings is 1. The summed E-state index contributed by atoms with van der Waals surface area (Å²) >= 11 is 0. The van der Waals surface area contributed by atoms with E-state index in [1.165, 1.54) is 6.07 Å². The monoisotopic (exact) mass is 254 g/mol. The van der Waals surface area contributed by atoms with E-state index in [1.54, 1.807) is 12.1 Å². The number of alkyl halides is 3. The fourth-order valence-corrected chi connectivity index (χ4v) is 1.65. The minimum Gasteiger partial charge on any atom is -0.370 e. The predicted octanol–water partition coefficient (Wildman–Crippen LogP) is 4.08. The highest BCUT2D eigenvalue weighted by molar-refractivity contribution is 5.81. The van der Waals surface area contributed by atoms with Gasteiger partial charge in [-0.05, 0) is 36.8 Å². The Bertz CT molecular complexity index is 549. The number of rotatable bonds is 3. The SMILES string of the molecule is CCCNc1ccc2cc(C(F)(F)F)ccc2n1. The van der Waals surface area contributed by atoms with Gasteiger partial charge in [-0.15, -0.1) is 0 Å². The molecular formula is C13H13F3N2. The molecule has 1 aromatic carbocycles. The maximum atomic E-state index is 12.5. The number of halogens is 3. The third-order valence-corrected chi connectivity index (χ3v) is 2.57. The summed E-state index contributed by atoms with van der Waals surface area (Å²) in [5.74, 6) is 0.684. The molecule has 5 heteroatoms. The molecule has 0 spiro atoms. The minimum atomic E-state index is -4.31.